The maximum absolute atomic E-state index is 13.7. The normalized spacial score (nSPS) is 12.5. The quantitative estimate of drug-likeness (QED) is 0.178. The highest BCUT2D eigenvalue weighted by molar-refractivity contribution is 7.92. The van der Waals surface area contributed by atoms with E-state index < -0.39 is 28.3 Å². The maximum Gasteiger partial charge on any atom is 0.264 e. The number of hydrazone groups is 1. The first-order valence-electron chi connectivity index (χ1n) is 13.3. The summed E-state index contributed by atoms with van der Waals surface area (Å²) in [5.74, 6) is 0.332. The van der Waals surface area contributed by atoms with Crippen LogP contribution >= 0.6 is 11.6 Å². The molecule has 0 fully saturated rings. The zero-order chi connectivity index (χ0) is 31.1. The molecule has 10 nitrogen and oxygen atoms in total. The summed E-state index contributed by atoms with van der Waals surface area (Å²) in [6, 6.07) is 21.3. The first-order valence-corrected chi connectivity index (χ1v) is 15.1. The Balaban J connectivity index is 1.28. The fraction of sp³-hybridized carbons (Fsp3) is 0.161. The van der Waals surface area contributed by atoms with Gasteiger partial charge in [0, 0.05) is 11.1 Å². The number of carbonyl (C=O) groups excluding carboxylic acids is 1. The van der Waals surface area contributed by atoms with Gasteiger partial charge in [-0.15, -0.1) is 0 Å². The van der Waals surface area contributed by atoms with Gasteiger partial charge in [0.05, 0.1) is 23.9 Å². The number of carbonyl (C=O) groups is 1. The lowest BCUT2D eigenvalue weighted by atomic mass is 10.2. The van der Waals surface area contributed by atoms with E-state index in [2.05, 4.69) is 10.5 Å². The van der Waals surface area contributed by atoms with Gasteiger partial charge in [-0.1, -0.05) is 23.7 Å². The third-order valence-corrected chi connectivity index (χ3v) is 8.42. The molecule has 0 aliphatic carbocycles. The summed E-state index contributed by atoms with van der Waals surface area (Å²) in [4.78, 5) is 12.8. The van der Waals surface area contributed by atoms with Gasteiger partial charge in [-0.25, -0.2) is 18.2 Å². The summed E-state index contributed by atoms with van der Waals surface area (Å²) in [5, 5.41) is 4.60. The molecule has 0 spiro atoms. The predicted molar refractivity (Wildman–Crippen MR) is 163 cm³/mol. The number of hydrogen-bond acceptors (Lipinski definition) is 8. The Bertz CT molecular complexity index is 1770. The van der Waals surface area contributed by atoms with Gasteiger partial charge >= 0.3 is 0 Å². The first-order chi connectivity index (χ1) is 21.2. The number of sulfonamides is 1. The van der Waals surface area contributed by atoms with Crippen LogP contribution in [0.25, 0.3) is 0 Å². The lowest BCUT2D eigenvalue weighted by molar-refractivity contribution is -0.119. The van der Waals surface area contributed by atoms with Crippen molar-refractivity contribution in [3.05, 3.63) is 107 Å². The highest BCUT2D eigenvalue weighted by Crippen LogP contribution is 2.34. The molecule has 4 aromatic rings. The number of nitrogens with one attached hydrogen (secondary N) is 1. The molecule has 228 valence electrons. The monoisotopic (exact) mass is 639 g/mol. The smallest absolute Gasteiger partial charge is 0.264 e. The second-order valence-corrected chi connectivity index (χ2v) is 11.7. The predicted octanol–water partition coefficient (Wildman–Crippen LogP) is 5.18. The van der Waals surface area contributed by atoms with Gasteiger partial charge in [0.15, 0.2) is 23.0 Å². The van der Waals surface area contributed by atoms with Gasteiger partial charge < -0.3 is 18.9 Å². The molecule has 0 radical (unpaired) electrons. The van der Waals surface area contributed by atoms with Gasteiger partial charge in [-0.3, -0.25) is 9.10 Å². The van der Waals surface area contributed by atoms with E-state index in [1.807, 2.05) is 12.1 Å². The van der Waals surface area contributed by atoms with Crippen LogP contribution in [0.2, 0.25) is 5.02 Å². The van der Waals surface area contributed by atoms with Crippen LogP contribution in [0.4, 0.5) is 10.1 Å². The standard InChI is InChI=1S/C31H27ClFN3O7S/c1-40-29-16-22(4-12-27(29)43-20-21-2-5-23(32)6-3-21)18-34-35-31(37)19-36(25-9-7-24(33)8-10-25)44(38,39)26-11-13-28-30(17-26)42-15-14-41-28/h2-13,16-18H,14-15,19-20H2,1H3,(H,35,37)/b34-18-. The van der Waals surface area contributed by atoms with Gasteiger partial charge in [-0.2, -0.15) is 5.10 Å². The summed E-state index contributed by atoms with van der Waals surface area (Å²) in [5.41, 5.74) is 3.94. The van der Waals surface area contributed by atoms with E-state index in [0.29, 0.717) is 41.0 Å². The molecule has 1 amide bonds. The van der Waals surface area contributed by atoms with E-state index in [4.69, 9.17) is 30.5 Å². The molecular weight excluding hydrogens is 613 g/mol. The fourth-order valence-electron chi connectivity index (χ4n) is 4.20. The maximum atomic E-state index is 13.7. The Kier molecular flexibility index (Phi) is 9.51. The summed E-state index contributed by atoms with van der Waals surface area (Å²) < 4.78 is 64.2. The fourth-order valence-corrected chi connectivity index (χ4v) is 5.77. The minimum atomic E-state index is -4.29. The number of amides is 1. The highest BCUT2D eigenvalue weighted by atomic mass is 35.5. The second kappa shape index (κ2) is 13.7. The molecule has 1 heterocycles. The Morgan fingerprint density at radius 1 is 0.977 bits per heavy atom. The van der Waals surface area contributed by atoms with Crippen LogP contribution in [0, 0.1) is 5.82 Å². The Labute approximate surface area is 258 Å². The topological polar surface area (TPSA) is 116 Å². The van der Waals surface area contributed by atoms with E-state index in [-0.39, 0.29) is 22.9 Å². The zero-order valence-corrected chi connectivity index (χ0v) is 25.0. The number of benzene rings is 4. The molecule has 0 atom stereocenters. The third-order valence-electron chi connectivity index (χ3n) is 6.40. The van der Waals surface area contributed by atoms with Gasteiger partial charge in [0.25, 0.3) is 15.9 Å². The van der Waals surface area contributed by atoms with Gasteiger partial charge in [0.2, 0.25) is 0 Å². The minimum absolute atomic E-state index is 0.0827. The number of ether oxygens (including phenoxy) is 4. The number of methoxy groups -OCH3 is 1. The zero-order valence-electron chi connectivity index (χ0n) is 23.4. The second-order valence-electron chi connectivity index (χ2n) is 9.41. The van der Waals surface area contributed by atoms with Crippen LogP contribution in [-0.2, 0) is 21.4 Å². The van der Waals surface area contributed by atoms with Crippen LogP contribution < -0.4 is 28.7 Å². The van der Waals surface area contributed by atoms with Crippen LogP contribution in [0.1, 0.15) is 11.1 Å². The molecular formula is C31H27ClFN3O7S. The number of fused-ring (bicyclic) bond motifs is 1. The Hall–Kier alpha value is -4.81. The average Bonchev–Trinajstić information content (AvgIpc) is 3.04. The Morgan fingerprint density at radius 3 is 2.43 bits per heavy atom. The van der Waals surface area contributed by atoms with Crippen molar-refractivity contribution in [3.8, 4) is 23.0 Å². The van der Waals surface area contributed by atoms with Crippen LogP contribution in [-0.4, -0.2) is 47.4 Å². The average molecular weight is 640 g/mol. The Morgan fingerprint density at radius 2 is 1.70 bits per heavy atom. The van der Waals surface area contributed by atoms with E-state index in [1.165, 1.54) is 43.7 Å². The molecule has 0 unspecified atom stereocenters. The third kappa shape index (κ3) is 7.39. The number of nitrogens with zero attached hydrogens (tertiary/aromatic N) is 2. The number of halogens is 2. The van der Waals surface area contributed by atoms with E-state index in [1.54, 1.807) is 30.3 Å². The lowest BCUT2D eigenvalue weighted by Gasteiger charge is -2.25. The molecule has 13 heteroatoms. The highest BCUT2D eigenvalue weighted by Gasteiger charge is 2.29. The van der Waals surface area contributed by atoms with Crippen molar-refractivity contribution in [2.75, 3.05) is 31.2 Å². The molecule has 1 aliphatic rings. The molecule has 1 N–H and O–H groups in total. The van der Waals surface area contributed by atoms with E-state index in [9.17, 15) is 17.6 Å². The first kappa shape index (κ1) is 30.6. The van der Waals surface area contributed by atoms with Crippen molar-refractivity contribution < 1.29 is 36.6 Å². The van der Waals surface area contributed by atoms with Gasteiger partial charge in [0.1, 0.15) is 32.2 Å². The van der Waals surface area contributed by atoms with Crippen LogP contribution in [0.5, 0.6) is 23.0 Å². The lowest BCUT2D eigenvalue weighted by Crippen LogP contribution is -2.39. The van der Waals surface area contributed by atoms with Crippen molar-refractivity contribution in [2.45, 2.75) is 11.5 Å². The molecule has 44 heavy (non-hydrogen) atoms. The van der Waals surface area contributed by atoms with Crippen LogP contribution in [0.15, 0.2) is 94.9 Å². The number of anilines is 1. The largest absolute Gasteiger partial charge is 0.493 e. The molecule has 4 aromatic carbocycles. The summed E-state index contributed by atoms with van der Waals surface area (Å²) in [6.07, 6.45) is 1.38. The summed E-state index contributed by atoms with van der Waals surface area (Å²) in [6.45, 7) is 0.275. The van der Waals surface area contributed by atoms with E-state index >= 15 is 0 Å². The summed E-state index contributed by atoms with van der Waals surface area (Å²) >= 11 is 5.93. The number of hydrogen-bond donors (Lipinski definition) is 1. The minimum Gasteiger partial charge on any atom is -0.493 e. The van der Waals surface area contributed by atoms with E-state index in [0.717, 1.165) is 22.0 Å². The molecule has 5 rings (SSSR count). The van der Waals surface area contributed by atoms with Crippen molar-refractivity contribution in [2.24, 2.45) is 5.10 Å². The van der Waals surface area contributed by atoms with Crippen molar-refractivity contribution in [1.29, 1.82) is 0 Å². The van der Waals surface area contributed by atoms with Crippen molar-refractivity contribution in [1.82, 2.24) is 5.43 Å². The SMILES string of the molecule is COc1cc(/C=N\NC(=O)CN(c2ccc(F)cc2)S(=O)(=O)c2ccc3c(c2)OCCO3)ccc1OCc1ccc(Cl)cc1. The number of rotatable bonds is 11. The van der Waals surface area contributed by atoms with Crippen molar-refractivity contribution >= 4 is 39.4 Å². The molecule has 0 saturated heterocycles. The molecule has 0 aromatic heterocycles. The van der Waals surface area contributed by atoms with Crippen LogP contribution in [0.3, 0.4) is 0 Å². The summed E-state index contributed by atoms with van der Waals surface area (Å²) in [7, 11) is -2.79. The molecule has 0 bridgehead atoms. The van der Waals surface area contributed by atoms with Crippen molar-refractivity contribution in [3.63, 3.8) is 0 Å². The molecule has 1 aliphatic heterocycles. The molecule has 0 saturated carbocycles. The van der Waals surface area contributed by atoms with Gasteiger partial charge in [-0.05, 0) is 77.9 Å².